The van der Waals surface area contributed by atoms with Crippen LogP contribution < -0.4 is 9.13 Å². The van der Waals surface area contributed by atoms with E-state index in [9.17, 15) is 0 Å². The predicted molar refractivity (Wildman–Crippen MR) is 137 cm³/mol. The zero-order valence-electron chi connectivity index (χ0n) is 18.9. The highest BCUT2D eigenvalue weighted by molar-refractivity contribution is 7.80. The Bertz CT molecular complexity index is 915. The molecule has 1 aromatic carbocycles. The highest BCUT2D eigenvalue weighted by Gasteiger charge is 2.01. The third kappa shape index (κ3) is 8.21. The Morgan fingerprint density at radius 1 is 0.633 bits per heavy atom. The predicted octanol–water partition coefficient (Wildman–Crippen LogP) is 6.31. The molecular formula is C26H34N2S2+2. The van der Waals surface area contributed by atoms with Gasteiger partial charge in [0, 0.05) is 12.1 Å². The molecule has 0 fully saturated rings. The molecule has 0 aliphatic rings. The summed E-state index contributed by atoms with van der Waals surface area (Å²) in [4.78, 5) is 1.92. The molecule has 3 rings (SSSR count). The van der Waals surface area contributed by atoms with Crippen molar-refractivity contribution in [1.29, 1.82) is 0 Å². The highest BCUT2D eigenvalue weighted by atomic mass is 32.1. The molecule has 0 saturated heterocycles. The van der Waals surface area contributed by atoms with Crippen LogP contribution in [0.3, 0.4) is 0 Å². The molecule has 30 heavy (non-hydrogen) atoms. The minimum atomic E-state index is 0.959. The number of benzene rings is 1. The molecule has 0 aliphatic heterocycles. The smallest absolute Gasteiger partial charge is 0.182 e. The fourth-order valence-electron chi connectivity index (χ4n) is 2.61. The second-order valence-corrected chi connectivity index (χ2v) is 7.20. The number of aryl methyl sites for hydroxylation is 2. The Morgan fingerprint density at radius 2 is 1.03 bits per heavy atom. The fraction of sp³-hybridized carbons (Fsp3) is 0.231. The lowest BCUT2D eigenvalue weighted by Crippen LogP contribution is -2.26. The highest BCUT2D eigenvalue weighted by Crippen LogP contribution is 2.18. The number of rotatable bonds is 4. The first-order valence-electron chi connectivity index (χ1n) is 10.3. The van der Waals surface area contributed by atoms with E-state index in [4.69, 9.17) is 0 Å². The summed E-state index contributed by atoms with van der Waals surface area (Å²) in [6.45, 7) is 8.00. The third-order valence-corrected chi connectivity index (χ3v) is 4.79. The zero-order valence-corrected chi connectivity index (χ0v) is 20.7. The van der Waals surface area contributed by atoms with Crippen LogP contribution in [-0.2, 0) is 14.1 Å². The van der Waals surface area contributed by atoms with Gasteiger partial charge in [-0.3, -0.25) is 0 Å². The first kappa shape index (κ1) is 25.7. The molecular weight excluding hydrogens is 404 g/mol. The number of hydrogen-bond donors (Lipinski definition) is 2. The van der Waals surface area contributed by atoms with Crippen molar-refractivity contribution >= 4 is 49.6 Å². The summed E-state index contributed by atoms with van der Waals surface area (Å²) in [7, 11) is 3.98. The van der Waals surface area contributed by atoms with Crippen LogP contribution in [0, 0.1) is 0 Å². The lowest BCUT2D eigenvalue weighted by molar-refractivity contribution is -0.673. The van der Waals surface area contributed by atoms with E-state index in [-0.39, 0.29) is 0 Å². The second-order valence-electron chi connectivity index (χ2n) is 6.24. The maximum absolute atomic E-state index is 4.53. The molecule has 3 aromatic rings. The van der Waals surface area contributed by atoms with Crippen molar-refractivity contribution < 1.29 is 9.13 Å². The Morgan fingerprint density at radius 3 is 1.40 bits per heavy atom. The second kappa shape index (κ2) is 13.8. The molecule has 2 nitrogen and oxygen atoms in total. The van der Waals surface area contributed by atoms with Crippen molar-refractivity contribution in [2.45, 2.75) is 37.5 Å². The zero-order chi connectivity index (χ0) is 22.5. The number of pyridine rings is 2. The van der Waals surface area contributed by atoms with Gasteiger partial charge in [0.25, 0.3) is 0 Å². The van der Waals surface area contributed by atoms with Crippen LogP contribution in [-0.4, -0.2) is 0 Å². The normalized spacial score (nSPS) is 10.4. The number of aromatic nitrogens is 2. The number of hydrogen-bond acceptors (Lipinski definition) is 2. The molecule has 0 saturated carbocycles. The minimum Gasteiger partial charge on any atom is -0.207 e. The number of nitrogens with zero attached hydrogens (tertiary/aromatic N) is 2. The lowest BCUT2D eigenvalue weighted by Gasteiger charge is -2.00. The quantitative estimate of drug-likeness (QED) is 0.349. The lowest BCUT2D eigenvalue weighted by atomic mass is 10.1. The van der Waals surface area contributed by atoms with Gasteiger partial charge < -0.3 is 0 Å². The Kier molecular flexibility index (Phi) is 11.9. The molecule has 0 bridgehead atoms. The minimum absolute atomic E-state index is 0.959. The Hall–Kier alpha value is -2.30. The Labute approximate surface area is 193 Å². The topological polar surface area (TPSA) is 7.76 Å². The molecule has 0 spiro atoms. The van der Waals surface area contributed by atoms with Crippen LogP contribution in [0.5, 0.6) is 0 Å². The van der Waals surface area contributed by atoms with Crippen LogP contribution in [0.15, 0.2) is 71.0 Å². The molecule has 158 valence electrons. The van der Waals surface area contributed by atoms with Crippen LogP contribution >= 0.6 is 25.3 Å². The standard InChI is InChI=1S/C22H20N2S2.2C2H6/c1-23-12-10-19(21(25)15-23)8-6-17-4-3-5-18(14-17)7-9-20-11-13-24(2)16-22(20)26;2*1-2/h3-16H,1-2H3;2*1-2H3/p+2/b8-6+,9-7+;;. The molecule has 0 unspecified atom stereocenters. The van der Waals surface area contributed by atoms with Crippen LogP contribution in [0.2, 0.25) is 0 Å². The molecule has 0 amide bonds. The van der Waals surface area contributed by atoms with E-state index >= 15 is 0 Å². The fourth-order valence-corrected chi connectivity index (χ4v) is 3.27. The molecule has 0 N–H and O–H groups in total. The number of thiol groups is 2. The van der Waals surface area contributed by atoms with Crippen molar-refractivity contribution in [2.75, 3.05) is 0 Å². The van der Waals surface area contributed by atoms with E-state index in [1.165, 1.54) is 0 Å². The summed E-state index contributed by atoms with van der Waals surface area (Å²) in [5.41, 5.74) is 4.51. The Balaban J connectivity index is 0.00000106. The van der Waals surface area contributed by atoms with E-state index in [2.05, 4.69) is 86.0 Å². The summed E-state index contributed by atoms with van der Waals surface area (Å²) in [6.07, 6.45) is 16.4. The molecule has 4 heteroatoms. The van der Waals surface area contributed by atoms with E-state index in [0.717, 1.165) is 32.0 Å². The third-order valence-electron chi connectivity index (χ3n) is 4.04. The summed E-state index contributed by atoms with van der Waals surface area (Å²) in [6, 6.07) is 12.6. The molecule has 2 heterocycles. The van der Waals surface area contributed by atoms with Gasteiger partial charge in [-0.25, -0.2) is 9.13 Å². The first-order valence-corrected chi connectivity index (χ1v) is 11.2. The van der Waals surface area contributed by atoms with E-state index in [1.54, 1.807) is 0 Å². The summed E-state index contributed by atoms with van der Waals surface area (Å²) >= 11 is 9.07. The van der Waals surface area contributed by atoms with Crippen LogP contribution in [0.1, 0.15) is 49.9 Å². The average Bonchev–Trinajstić information content (AvgIpc) is 2.76. The molecule has 0 aliphatic carbocycles. The van der Waals surface area contributed by atoms with E-state index in [0.29, 0.717) is 0 Å². The van der Waals surface area contributed by atoms with Gasteiger partial charge in [0.1, 0.15) is 14.1 Å². The maximum atomic E-state index is 4.53. The van der Waals surface area contributed by atoms with Gasteiger partial charge in [-0.1, -0.05) is 70.2 Å². The van der Waals surface area contributed by atoms with E-state index < -0.39 is 0 Å². The summed E-state index contributed by atoms with van der Waals surface area (Å²) in [5.74, 6) is 0. The summed E-state index contributed by atoms with van der Waals surface area (Å²) in [5, 5.41) is 0. The van der Waals surface area contributed by atoms with Gasteiger partial charge in [0.15, 0.2) is 24.8 Å². The first-order chi connectivity index (χ1) is 14.5. The van der Waals surface area contributed by atoms with Crippen molar-refractivity contribution in [2.24, 2.45) is 14.1 Å². The SMILES string of the molecule is CC.CC.C[n+]1ccc(/C=C/c2cccc(/C=C/c3cc[n+](C)cc3S)c2)c(S)c1. The van der Waals surface area contributed by atoms with Gasteiger partial charge in [-0.2, -0.15) is 0 Å². The largest absolute Gasteiger partial charge is 0.207 e. The van der Waals surface area contributed by atoms with Crippen LogP contribution in [0.25, 0.3) is 24.3 Å². The van der Waals surface area contributed by atoms with Crippen molar-refractivity contribution in [3.05, 3.63) is 83.4 Å². The van der Waals surface area contributed by atoms with Crippen molar-refractivity contribution in [1.82, 2.24) is 0 Å². The van der Waals surface area contributed by atoms with Gasteiger partial charge >= 0.3 is 0 Å². The van der Waals surface area contributed by atoms with Gasteiger partial charge in [0.05, 0.1) is 9.79 Å². The summed E-state index contributed by atoms with van der Waals surface area (Å²) < 4.78 is 3.98. The van der Waals surface area contributed by atoms with Gasteiger partial charge in [0.2, 0.25) is 0 Å². The molecule has 0 radical (unpaired) electrons. The monoisotopic (exact) mass is 438 g/mol. The average molecular weight is 439 g/mol. The van der Waals surface area contributed by atoms with Gasteiger partial charge in [-0.15, -0.1) is 25.3 Å². The molecule has 0 atom stereocenters. The van der Waals surface area contributed by atoms with E-state index in [1.807, 2.05) is 75.7 Å². The maximum Gasteiger partial charge on any atom is 0.182 e. The van der Waals surface area contributed by atoms with Crippen LogP contribution in [0.4, 0.5) is 0 Å². The molecule has 2 aromatic heterocycles. The van der Waals surface area contributed by atoms with Crippen molar-refractivity contribution in [3.63, 3.8) is 0 Å². The van der Waals surface area contributed by atoms with Gasteiger partial charge in [-0.05, 0) is 28.3 Å². The van der Waals surface area contributed by atoms with Crippen molar-refractivity contribution in [3.8, 4) is 0 Å².